The lowest BCUT2D eigenvalue weighted by atomic mass is 9.76. The zero-order valence-corrected chi connectivity index (χ0v) is 15.6. The van der Waals surface area contributed by atoms with Gasteiger partial charge in [0.2, 0.25) is 5.91 Å². The van der Waals surface area contributed by atoms with Crippen LogP contribution in [0.2, 0.25) is 0 Å². The predicted octanol–water partition coefficient (Wildman–Crippen LogP) is 4.60. The smallest absolute Gasteiger partial charge is 0.310 e. The van der Waals surface area contributed by atoms with Gasteiger partial charge in [-0.2, -0.15) is 0 Å². The van der Waals surface area contributed by atoms with Crippen LogP contribution < -0.4 is 5.32 Å². The molecule has 0 heterocycles. The summed E-state index contributed by atoms with van der Waals surface area (Å²) in [4.78, 5) is 23.6. The van der Waals surface area contributed by atoms with Gasteiger partial charge in [0.15, 0.2) is 0 Å². The van der Waals surface area contributed by atoms with Crippen LogP contribution in [0.1, 0.15) is 32.8 Å². The van der Waals surface area contributed by atoms with Crippen molar-refractivity contribution in [2.75, 3.05) is 5.32 Å². The molecule has 1 atom stereocenters. The highest BCUT2D eigenvalue weighted by molar-refractivity contribution is 9.11. The maximum absolute atomic E-state index is 12.2. The fourth-order valence-corrected chi connectivity index (χ4v) is 3.48. The lowest BCUT2D eigenvalue weighted by molar-refractivity contribution is -0.153. The number of carbonyl (C=O) groups is 2. The fraction of sp³-hybridized carbons (Fsp3) is 0.467. The van der Waals surface area contributed by atoms with Crippen molar-refractivity contribution in [1.29, 1.82) is 0 Å². The molecule has 0 fully saturated rings. The Morgan fingerprint density at radius 3 is 2.14 bits per heavy atom. The topological polar surface area (TPSA) is 66.4 Å². The molecule has 0 saturated heterocycles. The van der Waals surface area contributed by atoms with E-state index in [0.29, 0.717) is 5.69 Å². The Labute approximate surface area is 141 Å². The van der Waals surface area contributed by atoms with Crippen LogP contribution in [-0.4, -0.2) is 17.0 Å². The van der Waals surface area contributed by atoms with Crippen LogP contribution in [0, 0.1) is 18.3 Å². The van der Waals surface area contributed by atoms with E-state index in [-0.39, 0.29) is 18.2 Å². The SMILES string of the molecule is Cc1cc(Br)c(NC(=O)CC(C)(C(=O)O)C(C)C)c(Br)c1. The summed E-state index contributed by atoms with van der Waals surface area (Å²) < 4.78 is 1.51. The Bertz CT molecular complexity index is 549. The number of amides is 1. The molecule has 116 valence electrons. The minimum Gasteiger partial charge on any atom is -0.481 e. The van der Waals surface area contributed by atoms with Gasteiger partial charge in [-0.3, -0.25) is 9.59 Å². The number of benzene rings is 1. The second-order valence-electron chi connectivity index (χ2n) is 5.71. The van der Waals surface area contributed by atoms with E-state index in [9.17, 15) is 14.7 Å². The maximum atomic E-state index is 12.2. The highest BCUT2D eigenvalue weighted by Gasteiger charge is 2.38. The molecule has 0 aromatic heterocycles. The largest absolute Gasteiger partial charge is 0.481 e. The van der Waals surface area contributed by atoms with Crippen molar-refractivity contribution >= 4 is 49.4 Å². The number of aliphatic carboxylic acids is 1. The molecule has 0 aliphatic heterocycles. The van der Waals surface area contributed by atoms with Gasteiger partial charge >= 0.3 is 5.97 Å². The van der Waals surface area contributed by atoms with Crippen LogP contribution >= 0.6 is 31.9 Å². The first-order valence-electron chi connectivity index (χ1n) is 6.57. The lowest BCUT2D eigenvalue weighted by Crippen LogP contribution is -2.37. The zero-order chi connectivity index (χ0) is 16.4. The molecule has 0 saturated carbocycles. The molecular formula is C15H19Br2NO3. The minimum absolute atomic E-state index is 0.0766. The highest BCUT2D eigenvalue weighted by atomic mass is 79.9. The first kappa shape index (κ1) is 18.2. The summed E-state index contributed by atoms with van der Waals surface area (Å²) >= 11 is 6.81. The summed E-state index contributed by atoms with van der Waals surface area (Å²) in [7, 11) is 0. The number of hydrogen-bond donors (Lipinski definition) is 2. The van der Waals surface area contributed by atoms with Gasteiger partial charge in [0.1, 0.15) is 0 Å². The van der Waals surface area contributed by atoms with Crippen molar-refractivity contribution in [2.45, 2.75) is 34.1 Å². The number of carboxylic acids is 1. The third-order valence-electron chi connectivity index (χ3n) is 3.74. The molecule has 0 spiro atoms. The molecule has 6 heteroatoms. The Morgan fingerprint density at radius 2 is 1.76 bits per heavy atom. The number of aryl methyl sites for hydroxylation is 1. The van der Waals surface area contributed by atoms with Gasteiger partial charge in [-0.1, -0.05) is 13.8 Å². The van der Waals surface area contributed by atoms with E-state index in [1.807, 2.05) is 19.1 Å². The molecule has 1 unspecified atom stereocenters. The molecule has 4 nitrogen and oxygen atoms in total. The molecular weight excluding hydrogens is 402 g/mol. The lowest BCUT2D eigenvalue weighted by Gasteiger charge is -2.28. The van der Waals surface area contributed by atoms with Gasteiger partial charge in [0, 0.05) is 15.4 Å². The third-order valence-corrected chi connectivity index (χ3v) is 4.99. The van der Waals surface area contributed by atoms with Crippen molar-refractivity contribution in [3.63, 3.8) is 0 Å². The molecule has 0 aliphatic carbocycles. The average Bonchev–Trinajstić information content (AvgIpc) is 2.33. The second-order valence-corrected chi connectivity index (χ2v) is 7.41. The number of nitrogens with one attached hydrogen (secondary N) is 1. The van der Waals surface area contributed by atoms with E-state index in [4.69, 9.17) is 0 Å². The molecule has 0 aliphatic rings. The standard InChI is InChI=1S/C15H19Br2NO3/c1-8(2)15(4,14(20)21)7-12(19)18-13-10(16)5-9(3)6-11(13)17/h5-6,8H,7H2,1-4H3,(H,18,19)(H,20,21). The number of halogens is 2. The third kappa shape index (κ3) is 4.30. The van der Waals surface area contributed by atoms with Gasteiger partial charge in [0.05, 0.1) is 11.1 Å². The Hall–Kier alpha value is -0.880. The van der Waals surface area contributed by atoms with Crippen molar-refractivity contribution in [3.8, 4) is 0 Å². The number of carbonyl (C=O) groups excluding carboxylic acids is 1. The monoisotopic (exact) mass is 419 g/mol. The summed E-state index contributed by atoms with van der Waals surface area (Å²) in [5, 5.41) is 12.1. The van der Waals surface area contributed by atoms with E-state index in [1.54, 1.807) is 20.8 Å². The predicted molar refractivity (Wildman–Crippen MR) is 90.4 cm³/mol. The first-order valence-corrected chi connectivity index (χ1v) is 8.15. The van der Waals surface area contributed by atoms with Crippen LogP contribution in [0.25, 0.3) is 0 Å². The zero-order valence-electron chi connectivity index (χ0n) is 12.5. The summed E-state index contributed by atoms with van der Waals surface area (Å²) in [6.07, 6.45) is -0.0766. The summed E-state index contributed by atoms with van der Waals surface area (Å²) in [5.41, 5.74) is 0.569. The molecule has 0 bridgehead atoms. The minimum atomic E-state index is -1.09. The summed E-state index contributed by atoms with van der Waals surface area (Å²) in [6, 6.07) is 3.78. The van der Waals surface area contributed by atoms with Crippen molar-refractivity contribution in [1.82, 2.24) is 0 Å². The van der Waals surface area contributed by atoms with Gasteiger partial charge in [-0.25, -0.2) is 0 Å². The number of anilines is 1. The summed E-state index contributed by atoms with van der Waals surface area (Å²) in [5.74, 6) is -1.43. The van der Waals surface area contributed by atoms with Gasteiger partial charge < -0.3 is 10.4 Å². The van der Waals surface area contributed by atoms with E-state index in [2.05, 4.69) is 37.2 Å². The van der Waals surface area contributed by atoms with Crippen LogP contribution in [-0.2, 0) is 9.59 Å². The van der Waals surface area contributed by atoms with Crippen LogP contribution in [0.4, 0.5) is 5.69 Å². The molecule has 1 aromatic carbocycles. The van der Waals surface area contributed by atoms with Crippen LogP contribution in [0.3, 0.4) is 0 Å². The maximum Gasteiger partial charge on any atom is 0.310 e. The second kappa shape index (κ2) is 6.92. The Kier molecular flexibility index (Phi) is 5.99. The highest BCUT2D eigenvalue weighted by Crippen LogP contribution is 2.35. The normalized spacial score (nSPS) is 13.9. The van der Waals surface area contributed by atoms with E-state index in [0.717, 1.165) is 14.5 Å². The van der Waals surface area contributed by atoms with Gasteiger partial charge in [-0.05, 0) is 69.3 Å². The van der Waals surface area contributed by atoms with E-state index in [1.165, 1.54) is 0 Å². The average molecular weight is 421 g/mol. The van der Waals surface area contributed by atoms with E-state index < -0.39 is 11.4 Å². The Balaban J connectivity index is 2.95. The van der Waals surface area contributed by atoms with Crippen LogP contribution in [0.15, 0.2) is 21.1 Å². The van der Waals surface area contributed by atoms with Crippen molar-refractivity contribution in [3.05, 3.63) is 26.6 Å². The molecule has 0 radical (unpaired) electrons. The van der Waals surface area contributed by atoms with E-state index >= 15 is 0 Å². The number of rotatable bonds is 5. The first-order chi connectivity index (χ1) is 9.57. The molecule has 1 aromatic rings. The number of hydrogen-bond acceptors (Lipinski definition) is 2. The van der Waals surface area contributed by atoms with Crippen molar-refractivity contribution < 1.29 is 14.7 Å². The molecule has 1 amide bonds. The van der Waals surface area contributed by atoms with Crippen molar-refractivity contribution in [2.24, 2.45) is 11.3 Å². The van der Waals surface area contributed by atoms with Gasteiger partial charge in [-0.15, -0.1) is 0 Å². The number of carboxylic acid groups (broad SMARTS) is 1. The molecule has 2 N–H and O–H groups in total. The van der Waals surface area contributed by atoms with Crippen LogP contribution in [0.5, 0.6) is 0 Å². The van der Waals surface area contributed by atoms with Gasteiger partial charge in [0.25, 0.3) is 0 Å². The Morgan fingerprint density at radius 1 is 1.29 bits per heavy atom. The molecule has 21 heavy (non-hydrogen) atoms. The molecule has 1 rings (SSSR count). The summed E-state index contributed by atoms with van der Waals surface area (Å²) in [6.45, 7) is 7.15. The fourth-order valence-electron chi connectivity index (χ4n) is 1.86. The quantitative estimate of drug-likeness (QED) is 0.731.